The molecule has 0 saturated carbocycles. The van der Waals surface area contributed by atoms with Crippen LogP contribution in [-0.4, -0.2) is 64.3 Å². The van der Waals surface area contributed by atoms with Gasteiger partial charge in [-0.1, -0.05) is 18.2 Å². The number of fused-ring (bicyclic) bond motifs is 1. The summed E-state index contributed by atoms with van der Waals surface area (Å²) in [4.78, 5) is 45.3. The lowest BCUT2D eigenvalue weighted by Crippen LogP contribution is -2.50. The number of piperazine rings is 1. The third kappa shape index (κ3) is 6.70. The minimum absolute atomic E-state index is 0.0515. The van der Waals surface area contributed by atoms with Crippen LogP contribution in [0.1, 0.15) is 32.7 Å². The number of carboxylic acid groups (broad SMARTS) is 1. The number of para-hydroxylation sites is 1. The molecule has 0 spiro atoms. The Morgan fingerprint density at radius 1 is 1.05 bits per heavy atom. The number of carboxylic acids is 1. The first-order valence-corrected chi connectivity index (χ1v) is 12.8. The standard InChI is InChI=1S/C26H25FN6O2.C2HF3O2/c1-16-17(2)25(34)31-30-23(16)14-18-7-8-21(27)20(13-18)26(35)33-11-9-32(10-12-33)24-19-5-3-4-6-22(19)28-15-29-24;3-2(4,5)1(6)7/h3-8,13,15H,9-12,14H2,1-2H3,(H,31,34);(H,6,7). The number of halogens is 4. The molecule has 0 radical (unpaired) electrons. The van der Waals surface area contributed by atoms with Crippen molar-refractivity contribution in [2.75, 3.05) is 31.1 Å². The number of nitrogens with one attached hydrogen (secondary N) is 2. The normalized spacial score (nSPS) is 13.5. The summed E-state index contributed by atoms with van der Waals surface area (Å²) in [5, 5.41) is 16.4. The van der Waals surface area contributed by atoms with E-state index in [0.29, 0.717) is 43.9 Å². The fourth-order valence-corrected chi connectivity index (χ4v) is 4.48. The average Bonchev–Trinajstić information content (AvgIpc) is 2.97. The van der Waals surface area contributed by atoms with Gasteiger partial charge in [-0.05, 0) is 49.2 Å². The first-order chi connectivity index (χ1) is 19.9. The fourth-order valence-electron chi connectivity index (χ4n) is 4.48. The summed E-state index contributed by atoms with van der Waals surface area (Å²) in [6.45, 7) is 5.78. The molecule has 0 unspecified atom stereocenters. The summed E-state index contributed by atoms with van der Waals surface area (Å²) in [5.41, 5.74) is 3.58. The van der Waals surface area contributed by atoms with Crippen LogP contribution in [0.4, 0.5) is 23.4 Å². The molecule has 1 fully saturated rings. The van der Waals surface area contributed by atoms with Gasteiger partial charge in [0, 0.05) is 12.0 Å². The number of carbonyl (C=O) groups excluding carboxylic acids is 2. The molecule has 5 rings (SSSR count). The van der Waals surface area contributed by atoms with Crippen LogP contribution in [0.5, 0.6) is 0 Å². The van der Waals surface area contributed by atoms with Gasteiger partial charge in [-0.3, -0.25) is 14.5 Å². The van der Waals surface area contributed by atoms with Crippen LogP contribution in [0.25, 0.3) is 10.9 Å². The summed E-state index contributed by atoms with van der Waals surface area (Å²) >= 11 is 0. The molecule has 4 aromatic rings. The van der Waals surface area contributed by atoms with Crippen molar-refractivity contribution in [2.24, 2.45) is 0 Å². The van der Waals surface area contributed by atoms with E-state index >= 15 is 0 Å². The highest BCUT2D eigenvalue weighted by molar-refractivity contribution is 5.95. The highest BCUT2D eigenvalue weighted by atomic mass is 19.4. The van der Waals surface area contributed by atoms with Crippen molar-refractivity contribution in [3.63, 3.8) is 0 Å². The zero-order chi connectivity index (χ0) is 30.6. The molecule has 0 bridgehead atoms. The second-order valence-corrected chi connectivity index (χ2v) is 9.57. The third-order valence-corrected chi connectivity index (χ3v) is 6.94. The van der Waals surface area contributed by atoms with Gasteiger partial charge >= 0.3 is 6.18 Å². The molecular weight excluding hydrogens is 560 g/mol. The van der Waals surface area contributed by atoms with Gasteiger partial charge in [0.2, 0.25) is 12.1 Å². The SMILES string of the molecule is Cc1c(Cc2ccc(F)c(C(=O)N3CCN(c4[nH+]cnc5ccccc45)CC3)c2)n[nH]c(=O)c1C.O=C([O-])C(F)(F)F. The smallest absolute Gasteiger partial charge is 0.430 e. The van der Waals surface area contributed by atoms with Crippen molar-refractivity contribution >= 4 is 28.6 Å². The van der Waals surface area contributed by atoms with Gasteiger partial charge in [0.25, 0.3) is 11.5 Å². The highest BCUT2D eigenvalue weighted by Crippen LogP contribution is 2.23. The average molecular weight is 587 g/mol. The number of aromatic amines is 2. The highest BCUT2D eigenvalue weighted by Gasteiger charge is 2.29. The summed E-state index contributed by atoms with van der Waals surface area (Å²) in [6, 6.07) is 12.5. The molecule has 220 valence electrons. The molecule has 1 aliphatic rings. The zero-order valence-electron chi connectivity index (χ0n) is 22.6. The number of carbonyl (C=O) groups is 2. The Morgan fingerprint density at radius 3 is 2.38 bits per heavy atom. The van der Waals surface area contributed by atoms with E-state index < -0.39 is 18.0 Å². The molecule has 10 nitrogen and oxygen atoms in total. The first-order valence-electron chi connectivity index (χ1n) is 12.8. The monoisotopic (exact) mass is 586 g/mol. The molecule has 2 N–H and O–H groups in total. The number of alkyl halides is 3. The molecule has 14 heteroatoms. The zero-order valence-corrected chi connectivity index (χ0v) is 22.6. The Hall–Kier alpha value is -4.88. The van der Waals surface area contributed by atoms with Crippen LogP contribution in [0.2, 0.25) is 0 Å². The fraction of sp³-hybridized carbons (Fsp3) is 0.286. The summed E-state index contributed by atoms with van der Waals surface area (Å²) < 4.78 is 46.2. The number of aliphatic carboxylic acids is 1. The number of nitrogens with zero attached hydrogens (tertiary/aromatic N) is 4. The summed E-state index contributed by atoms with van der Waals surface area (Å²) in [5.74, 6) is -2.91. The Balaban J connectivity index is 0.000000517. The van der Waals surface area contributed by atoms with Gasteiger partial charge in [-0.25, -0.2) is 14.5 Å². The van der Waals surface area contributed by atoms with E-state index in [9.17, 15) is 27.2 Å². The van der Waals surface area contributed by atoms with E-state index in [4.69, 9.17) is 9.90 Å². The minimum Gasteiger partial charge on any atom is -0.542 e. The number of hydrogen-bond acceptors (Lipinski definition) is 7. The van der Waals surface area contributed by atoms with Crippen molar-refractivity contribution in [3.8, 4) is 0 Å². The number of aromatic nitrogens is 4. The quantitative estimate of drug-likeness (QED) is 0.360. The van der Waals surface area contributed by atoms with Crippen LogP contribution in [0.15, 0.2) is 53.6 Å². The predicted molar refractivity (Wildman–Crippen MR) is 141 cm³/mol. The first kappa shape index (κ1) is 30.1. The van der Waals surface area contributed by atoms with Crippen molar-refractivity contribution in [3.05, 3.63) is 92.9 Å². The largest absolute Gasteiger partial charge is 0.542 e. The maximum atomic E-state index is 14.7. The van der Waals surface area contributed by atoms with Crippen LogP contribution < -0.4 is 20.5 Å². The maximum Gasteiger partial charge on any atom is 0.430 e. The predicted octanol–water partition coefficient (Wildman–Crippen LogP) is 1.74. The van der Waals surface area contributed by atoms with Crippen LogP contribution in [0.3, 0.4) is 0 Å². The van der Waals surface area contributed by atoms with Gasteiger partial charge < -0.3 is 14.8 Å². The minimum atomic E-state index is -5.19. The van der Waals surface area contributed by atoms with E-state index in [1.165, 1.54) is 6.07 Å². The lowest BCUT2D eigenvalue weighted by Gasteiger charge is -2.32. The molecule has 1 aliphatic heterocycles. The summed E-state index contributed by atoms with van der Waals surface area (Å²) in [6.07, 6.45) is -3.13. The van der Waals surface area contributed by atoms with Gasteiger partial charge in [-0.2, -0.15) is 18.3 Å². The van der Waals surface area contributed by atoms with Gasteiger partial charge in [-0.15, -0.1) is 4.98 Å². The Kier molecular flexibility index (Phi) is 8.83. The van der Waals surface area contributed by atoms with Crippen molar-refractivity contribution in [2.45, 2.75) is 26.4 Å². The molecule has 2 aromatic heterocycles. The van der Waals surface area contributed by atoms with Gasteiger partial charge in [0.1, 0.15) is 11.8 Å². The van der Waals surface area contributed by atoms with Crippen LogP contribution >= 0.6 is 0 Å². The van der Waals surface area contributed by atoms with E-state index in [0.717, 1.165) is 27.8 Å². The Labute approximate surface area is 236 Å². The van der Waals surface area contributed by atoms with E-state index in [1.54, 1.807) is 30.3 Å². The van der Waals surface area contributed by atoms with Crippen LogP contribution in [-0.2, 0) is 11.2 Å². The number of rotatable bonds is 4. The van der Waals surface area contributed by atoms with Gasteiger partial charge in [0.05, 0.1) is 42.8 Å². The van der Waals surface area contributed by atoms with E-state index in [1.807, 2.05) is 31.2 Å². The molecule has 2 aromatic carbocycles. The third-order valence-electron chi connectivity index (χ3n) is 6.94. The molecule has 1 saturated heterocycles. The number of hydrogen-bond donors (Lipinski definition) is 1. The number of amides is 1. The van der Waals surface area contributed by atoms with Crippen molar-refractivity contribution in [1.82, 2.24) is 20.1 Å². The second kappa shape index (κ2) is 12.3. The number of benzene rings is 2. The second-order valence-electron chi connectivity index (χ2n) is 9.57. The van der Waals surface area contributed by atoms with Gasteiger partial charge in [0.15, 0.2) is 5.52 Å². The van der Waals surface area contributed by atoms with E-state index in [-0.39, 0.29) is 17.0 Å². The molecular formula is C28H26F4N6O4. The number of anilines is 1. The Bertz CT molecular complexity index is 1680. The molecule has 0 atom stereocenters. The molecule has 0 aliphatic carbocycles. The topological polar surface area (TPSA) is 136 Å². The lowest BCUT2D eigenvalue weighted by atomic mass is 10.0. The lowest BCUT2D eigenvalue weighted by molar-refractivity contribution is -0.367. The van der Waals surface area contributed by atoms with E-state index in [2.05, 4.69) is 25.1 Å². The van der Waals surface area contributed by atoms with Crippen molar-refractivity contribution < 1.29 is 37.2 Å². The van der Waals surface area contributed by atoms with Crippen LogP contribution in [0, 0.1) is 19.7 Å². The number of H-pyrrole nitrogens is 2. The summed E-state index contributed by atoms with van der Waals surface area (Å²) in [7, 11) is 0. The molecule has 3 heterocycles. The molecule has 1 amide bonds. The van der Waals surface area contributed by atoms with Crippen molar-refractivity contribution in [1.29, 1.82) is 0 Å². The molecule has 42 heavy (non-hydrogen) atoms. The Morgan fingerprint density at radius 2 is 1.71 bits per heavy atom. The maximum absolute atomic E-state index is 14.7.